The van der Waals surface area contributed by atoms with E-state index in [0.717, 1.165) is 77.0 Å². The number of anilines is 1. The Morgan fingerprint density at radius 1 is 0.600 bits per heavy atom. The molecule has 3 saturated carbocycles. The minimum absolute atomic E-state index is 0.0276. The van der Waals surface area contributed by atoms with Crippen LogP contribution >= 0.6 is 0 Å². The van der Waals surface area contributed by atoms with Crippen LogP contribution in [0.1, 0.15) is 160 Å². The Kier molecular flexibility index (Phi) is 10.9. The van der Waals surface area contributed by atoms with Crippen molar-refractivity contribution in [3.63, 3.8) is 0 Å². The molecule has 3 aliphatic rings. The number of nitrogens with two attached hydrogens (primary N) is 1. The van der Waals surface area contributed by atoms with Crippen LogP contribution in [0.25, 0.3) is 0 Å². The Bertz CT molecular complexity index is 1160. The smallest absolute Gasteiger partial charge is 0.254 e. The summed E-state index contributed by atoms with van der Waals surface area (Å²) in [5.74, 6) is 1.22. The van der Waals surface area contributed by atoms with E-state index in [-0.39, 0.29) is 51.6 Å². The lowest BCUT2D eigenvalue weighted by molar-refractivity contribution is -0.121. The summed E-state index contributed by atoms with van der Waals surface area (Å²) in [4.78, 5) is 42.7. The summed E-state index contributed by atoms with van der Waals surface area (Å²) in [7, 11) is 0. The van der Waals surface area contributed by atoms with E-state index in [1.54, 1.807) is 18.2 Å². The van der Waals surface area contributed by atoms with Crippen LogP contribution in [0.4, 0.5) is 5.69 Å². The number of rotatable bonds is 6. The Labute approximate surface area is 274 Å². The summed E-state index contributed by atoms with van der Waals surface area (Å²) in [5.41, 5.74) is 7.76. The van der Waals surface area contributed by atoms with E-state index in [0.29, 0.717) is 29.0 Å². The second kappa shape index (κ2) is 13.8. The van der Waals surface area contributed by atoms with E-state index in [2.05, 4.69) is 72.5 Å². The van der Waals surface area contributed by atoms with Gasteiger partial charge in [-0.15, -0.1) is 0 Å². The molecule has 1 aromatic rings. The van der Waals surface area contributed by atoms with Crippen LogP contribution in [0.3, 0.4) is 0 Å². The number of benzene rings is 1. The largest absolute Gasteiger partial charge is 0.366 e. The number of primary amides is 1. The Morgan fingerprint density at radius 2 is 0.978 bits per heavy atom. The molecule has 6 heteroatoms. The minimum Gasteiger partial charge on any atom is -0.366 e. The minimum atomic E-state index is -0.589. The first-order valence-electron chi connectivity index (χ1n) is 17.9. The molecule has 252 valence electrons. The van der Waals surface area contributed by atoms with E-state index >= 15 is 0 Å². The van der Waals surface area contributed by atoms with Crippen molar-refractivity contribution in [2.24, 2.45) is 45.7 Å². The number of amides is 3. The van der Waals surface area contributed by atoms with Crippen molar-refractivity contribution in [3.05, 3.63) is 29.3 Å². The van der Waals surface area contributed by atoms with E-state index < -0.39 is 5.91 Å². The lowest BCUT2D eigenvalue weighted by atomic mass is 9.69. The van der Waals surface area contributed by atoms with Crippen molar-refractivity contribution in [2.45, 2.75) is 151 Å². The third kappa shape index (κ3) is 8.92. The maximum atomic E-state index is 14.6. The highest BCUT2D eigenvalue weighted by atomic mass is 16.2. The second-order valence-electron chi connectivity index (χ2n) is 18.0. The molecule has 0 bridgehead atoms. The first-order valence-corrected chi connectivity index (χ1v) is 17.9. The standard InChI is InChI=1S/C39H63N3O3/c1-37(2,3)28-12-10-25(11-13-28)35(44)41-31-23-26(34(40)43)22-27(24-31)36(45)42(32-18-14-29(15-19-32)38(4,5)6)33-20-16-30(17-21-33)39(7,8)9/h22-25,28-30,32-33H,10-21H2,1-9H3,(H2,40,43)(H,41,44)/t25?,28?,29-,30-,32+,33+. The van der Waals surface area contributed by atoms with Crippen LogP contribution in [-0.4, -0.2) is 34.7 Å². The van der Waals surface area contributed by atoms with Gasteiger partial charge in [-0.2, -0.15) is 0 Å². The molecule has 4 rings (SSSR count). The van der Waals surface area contributed by atoms with Crippen LogP contribution in [0.5, 0.6) is 0 Å². The van der Waals surface area contributed by atoms with Crippen LogP contribution in [0, 0.1) is 39.9 Å². The lowest BCUT2D eigenvalue weighted by Crippen LogP contribution is -2.50. The monoisotopic (exact) mass is 621 g/mol. The average molecular weight is 622 g/mol. The second-order valence-corrected chi connectivity index (χ2v) is 18.0. The highest BCUT2D eigenvalue weighted by Gasteiger charge is 2.40. The molecule has 0 aliphatic heterocycles. The van der Waals surface area contributed by atoms with Crippen molar-refractivity contribution in [1.29, 1.82) is 0 Å². The number of hydrogen-bond acceptors (Lipinski definition) is 3. The quantitative estimate of drug-likeness (QED) is 0.332. The fourth-order valence-electron chi connectivity index (χ4n) is 8.65. The summed E-state index contributed by atoms with van der Waals surface area (Å²) in [6, 6.07) is 5.41. The van der Waals surface area contributed by atoms with Crippen LogP contribution in [-0.2, 0) is 4.79 Å². The number of nitrogens with one attached hydrogen (secondary N) is 1. The van der Waals surface area contributed by atoms with Crippen LogP contribution < -0.4 is 11.1 Å². The van der Waals surface area contributed by atoms with Gasteiger partial charge in [-0.25, -0.2) is 0 Å². The zero-order valence-corrected chi connectivity index (χ0v) is 29.9. The topological polar surface area (TPSA) is 92.5 Å². The molecular weight excluding hydrogens is 558 g/mol. The number of nitrogens with zero attached hydrogens (tertiary/aromatic N) is 1. The van der Waals surface area contributed by atoms with Gasteiger partial charge in [-0.1, -0.05) is 62.3 Å². The summed E-state index contributed by atoms with van der Waals surface area (Å²) in [6.07, 6.45) is 12.3. The summed E-state index contributed by atoms with van der Waals surface area (Å²) in [6.45, 7) is 20.8. The molecule has 0 atom stereocenters. The predicted molar refractivity (Wildman–Crippen MR) is 185 cm³/mol. The van der Waals surface area contributed by atoms with Gasteiger partial charge >= 0.3 is 0 Å². The van der Waals surface area contributed by atoms with E-state index in [1.165, 1.54) is 0 Å². The molecule has 3 amide bonds. The van der Waals surface area contributed by atoms with Crippen LogP contribution in [0.2, 0.25) is 0 Å². The van der Waals surface area contributed by atoms with Gasteiger partial charge in [0, 0.05) is 34.8 Å². The third-order valence-corrected chi connectivity index (χ3v) is 11.9. The SMILES string of the molecule is CC(C)(C)C1CCC(C(=O)Nc2cc(C(N)=O)cc(C(=O)N([C@H]3CC[C@@H](C(C)(C)C)CC3)[C@H]3CC[C@@H](C(C)(C)C)CC3)c2)CC1. The number of hydrogen-bond donors (Lipinski definition) is 2. The van der Waals surface area contributed by atoms with Crippen molar-refractivity contribution in [1.82, 2.24) is 4.90 Å². The van der Waals surface area contributed by atoms with Crippen molar-refractivity contribution in [3.8, 4) is 0 Å². The van der Waals surface area contributed by atoms with Crippen molar-refractivity contribution < 1.29 is 14.4 Å². The van der Waals surface area contributed by atoms with Gasteiger partial charge in [0.05, 0.1) is 0 Å². The Morgan fingerprint density at radius 3 is 1.36 bits per heavy atom. The van der Waals surface area contributed by atoms with Crippen molar-refractivity contribution in [2.75, 3.05) is 5.32 Å². The third-order valence-electron chi connectivity index (χ3n) is 11.9. The maximum Gasteiger partial charge on any atom is 0.254 e. The lowest BCUT2D eigenvalue weighted by Gasteiger charge is -2.47. The maximum absolute atomic E-state index is 14.6. The number of carbonyl (C=O) groups is 3. The summed E-state index contributed by atoms with van der Waals surface area (Å²) < 4.78 is 0. The Hall–Kier alpha value is -2.37. The van der Waals surface area contributed by atoms with Crippen LogP contribution in [0.15, 0.2) is 18.2 Å². The predicted octanol–water partition coefficient (Wildman–Crippen LogP) is 9.23. The van der Waals surface area contributed by atoms with E-state index in [1.807, 2.05) is 0 Å². The normalized spacial score (nSPS) is 28.3. The molecule has 0 unspecified atom stereocenters. The van der Waals surface area contributed by atoms with Gasteiger partial charge in [0.25, 0.3) is 5.91 Å². The fraction of sp³-hybridized carbons (Fsp3) is 0.769. The van der Waals surface area contributed by atoms with Gasteiger partial charge < -0.3 is 16.0 Å². The highest BCUT2D eigenvalue weighted by Crippen LogP contribution is 2.44. The molecule has 45 heavy (non-hydrogen) atoms. The van der Waals surface area contributed by atoms with Gasteiger partial charge in [0.2, 0.25) is 11.8 Å². The van der Waals surface area contributed by atoms with E-state index in [4.69, 9.17) is 5.73 Å². The molecule has 0 spiro atoms. The molecule has 3 N–H and O–H groups in total. The zero-order valence-electron chi connectivity index (χ0n) is 29.9. The fourth-order valence-corrected chi connectivity index (χ4v) is 8.65. The molecular formula is C39H63N3O3. The summed E-state index contributed by atoms with van der Waals surface area (Å²) >= 11 is 0. The molecule has 3 fully saturated rings. The van der Waals surface area contributed by atoms with Gasteiger partial charge in [-0.3, -0.25) is 14.4 Å². The highest BCUT2D eigenvalue weighted by molar-refractivity contribution is 6.02. The van der Waals surface area contributed by atoms with E-state index in [9.17, 15) is 14.4 Å². The van der Waals surface area contributed by atoms with Gasteiger partial charge in [0.15, 0.2) is 0 Å². The Balaban J connectivity index is 1.57. The first-order chi connectivity index (χ1) is 20.8. The van der Waals surface area contributed by atoms with Gasteiger partial charge in [0.1, 0.15) is 0 Å². The first kappa shape index (κ1) is 35.5. The molecule has 1 aromatic carbocycles. The zero-order chi connectivity index (χ0) is 33.3. The molecule has 0 radical (unpaired) electrons. The summed E-state index contributed by atoms with van der Waals surface area (Å²) in [5, 5.41) is 3.08. The molecule has 0 heterocycles. The molecule has 0 aromatic heterocycles. The molecule has 6 nitrogen and oxygen atoms in total. The molecule has 0 saturated heterocycles. The van der Waals surface area contributed by atoms with Crippen molar-refractivity contribution >= 4 is 23.4 Å². The average Bonchev–Trinajstić information content (AvgIpc) is 2.96. The molecule has 3 aliphatic carbocycles. The number of carbonyl (C=O) groups excluding carboxylic acids is 3. The van der Waals surface area contributed by atoms with Gasteiger partial charge in [-0.05, 0) is 129 Å².